The van der Waals surface area contributed by atoms with Crippen LogP contribution in [0.5, 0.6) is 0 Å². The largest absolute Gasteiger partial charge is 0.480 e. The van der Waals surface area contributed by atoms with Crippen LogP contribution in [0.1, 0.15) is 54.4 Å². The fraction of sp³-hybridized carbons (Fsp3) is 0.419. The van der Waals surface area contributed by atoms with Crippen LogP contribution in [0.25, 0.3) is 10.8 Å². The van der Waals surface area contributed by atoms with Crippen molar-refractivity contribution in [1.29, 1.82) is 0 Å². The van der Waals surface area contributed by atoms with Crippen molar-refractivity contribution in [1.82, 2.24) is 5.32 Å². The number of carboxylic acid groups (broad SMARTS) is 1. The highest BCUT2D eigenvalue weighted by molar-refractivity contribution is 8.00. The summed E-state index contributed by atoms with van der Waals surface area (Å²) in [6.45, 7) is 0.218. The molecule has 4 bridgehead atoms. The maximum atomic E-state index is 13.9. The molecule has 228 valence electrons. The van der Waals surface area contributed by atoms with Gasteiger partial charge in [0.25, 0.3) is 5.91 Å². The summed E-state index contributed by atoms with van der Waals surface area (Å²) in [7, 11) is 0. The SMILES string of the molecule is O=C(N[C@H](C(=O)O)C12CC3(Cl)CC(Cl)(CC(Cl)(C3)C1)C2)c1ccc2ccccc2c1NCc1ccc(SC(F)(F)F)cc1. The molecule has 4 fully saturated rings. The maximum Gasteiger partial charge on any atom is 0.446 e. The van der Waals surface area contributed by atoms with Crippen LogP contribution in [0.3, 0.4) is 0 Å². The standard InChI is InChI=1S/C31H28Cl3F3N2O3S/c32-28-12-27(13-29(33,15-28)17-30(34,14-27)16-28)24(26(41)42)39-25(40)22-10-7-19-3-1-2-4-21(19)23(22)38-11-18-5-8-20(9-6-18)43-31(35,36)37/h1-10,24,38H,11-17H2,(H,39,40)(H,41,42)/t24-,27?,28?,29?,30?/m1/s1. The molecule has 7 rings (SSSR count). The van der Waals surface area contributed by atoms with Crippen LogP contribution in [-0.2, 0) is 11.3 Å². The van der Waals surface area contributed by atoms with Gasteiger partial charge in [0.15, 0.2) is 0 Å². The molecule has 5 nitrogen and oxygen atoms in total. The molecule has 4 aliphatic carbocycles. The first-order chi connectivity index (χ1) is 20.1. The maximum absolute atomic E-state index is 13.9. The highest BCUT2D eigenvalue weighted by atomic mass is 35.5. The van der Waals surface area contributed by atoms with Gasteiger partial charge in [0, 0.05) is 36.9 Å². The van der Waals surface area contributed by atoms with E-state index in [0.29, 0.717) is 49.8 Å². The molecule has 43 heavy (non-hydrogen) atoms. The van der Waals surface area contributed by atoms with Gasteiger partial charge >= 0.3 is 11.5 Å². The number of carboxylic acids is 1. The smallest absolute Gasteiger partial charge is 0.446 e. The first-order valence-electron chi connectivity index (χ1n) is 13.8. The van der Waals surface area contributed by atoms with Crippen LogP contribution in [0, 0.1) is 5.41 Å². The van der Waals surface area contributed by atoms with Gasteiger partial charge in [-0.1, -0.05) is 42.5 Å². The molecule has 3 N–H and O–H groups in total. The molecule has 3 aromatic rings. The van der Waals surface area contributed by atoms with Crippen molar-refractivity contribution in [2.75, 3.05) is 5.32 Å². The Morgan fingerprint density at radius 1 is 0.860 bits per heavy atom. The summed E-state index contributed by atoms with van der Waals surface area (Å²) >= 11 is 20.8. The second-order valence-corrected chi connectivity index (χ2v) is 15.9. The van der Waals surface area contributed by atoms with Crippen molar-refractivity contribution in [2.45, 2.75) is 76.1 Å². The predicted molar refractivity (Wildman–Crippen MR) is 164 cm³/mol. The molecule has 12 heteroatoms. The zero-order chi connectivity index (χ0) is 30.8. The van der Waals surface area contributed by atoms with Crippen LogP contribution in [-0.4, -0.2) is 43.2 Å². The number of benzene rings is 3. The van der Waals surface area contributed by atoms with E-state index in [0.717, 1.165) is 10.8 Å². The number of amides is 1. The number of hydrogen-bond acceptors (Lipinski definition) is 4. The molecule has 4 saturated carbocycles. The molecular weight excluding hydrogens is 644 g/mol. The third kappa shape index (κ3) is 6.15. The Morgan fingerprint density at radius 3 is 2.00 bits per heavy atom. The second-order valence-electron chi connectivity index (χ2n) is 12.4. The summed E-state index contributed by atoms with van der Waals surface area (Å²) in [5.41, 5.74) is -3.87. The van der Waals surface area contributed by atoms with Gasteiger partial charge in [-0.25, -0.2) is 4.79 Å². The van der Waals surface area contributed by atoms with E-state index in [4.69, 9.17) is 34.8 Å². The quantitative estimate of drug-likeness (QED) is 0.165. The molecular formula is C31H28Cl3F3N2O3S. The molecule has 0 radical (unpaired) electrons. The van der Waals surface area contributed by atoms with Crippen LogP contribution < -0.4 is 10.6 Å². The van der Waals surface area contributed by atoms with Crippen molar-refractivity contribution in [3.63, 3.8) is 0 Å². The number of thioether (sulfide) groups is 1. The highest BCUT2D eigenvalue weighted by Gasteiger charge is 2.70. The Kier molecular flexibility index (Phi) is 7.59. The Bertz CT molecular complexity index is 1550. The molecule has 4 aliphatic rings. The number of carbonyl (C=O) groups excluding carboxylic acids is 1. The van der Waals surface area contributed by atoms with Gasteiger partial charge in [0.2, 0.25) is 0 Å². The summed E-state index contributed by atoms with van der Waals surface area (Å²) in [6, 6.07) is 15.5. The van der Waals surface area contributed by atoms with Gasteiger partial charge in [0.1, 0.15) is 6.04 Å². The number of hydrogen-bond donors (Lipinski definition) is 3. The lowest BCUT2D eigenvalue weighted by molar-refractivity contribution is -0.148. The zero-order valence-electron chi connectivity index (χ0n) is 22.7. The monoisotopic (exact) mass is 670 g/mol. The van der Waals surface area contributed by atoms with E-state index in [1.807, 2.05) is 24.3 Å². The summed E-state index contributed by atoms with van der Waals surface area (Å²) in [4.78, 5) is 24.6. The lowest BCUT2D eigenvalue weighted by atomic mass is 9.46. The van der Waals surface area contributed by atoms with Crippen LogP contribution in [0.4, 0.5) is 18.9 Å². The molecule has 0 aromatic heterocycles. The molecule has 0 aliphatic heterocycles. The van der Waals surface area contributed by atoms with Gasteiger partial charge in [-0.2, -0.15) is 13.2 Å². The summed E-state index contributed by atoms with van der Waals surface area (Å²) in [5.74, 6) is -1.76. The van der Waals surface area contributed by atoms with E-state index in [2.05, 4.69) is 10.6 Å². The van der Waals surface area contributed by atoms with Crippen LogP contribution in [0.15, 0.2) is 65.6 Å². The van der Waals surface area contributed by atoms with Gasteiger partial charge < -0.3 is 15.7 Å². The molecule has 3 aromatic carbocycles. The first kappa shape index (κ1) is 30.7. The third-order valence-electron chi connectivity index (χ3n) is 8.84. The summed E-state index contributed by atoms with van der Waals surface area (Å²) < 4.78 is 38.2. The molecule has 1 atom stereocenters. The van der Waals surface area contributed by atoms with Gasteiger partial charge in [-0.15, -0.1) is 34.8 Å². The van der Waals surface area contributed by atoms with E-state index in [1.165, 1.54) is 12.1 Å². The number of halogens is 6. The Morgan fingerprint density at radius 2 is 1.44 bits per heavy atom. The number of anilines is 1. The van der Waals surface area contributed by atoms with Crippen molar-refractivity contribution >= 4 is 74.9 Å². The van der Waals surface area contributed by atoms with Crippen LogP contribution >= 0.6 is 46.6 Å². The number of aliphatic carboxylic acids is 1. The number of alkyl halides is 6. The number of carbonyl (C=O) groups is 2. The molecule has 0 saturated heterocycles. The lowest BCUT2D eigenvalue weighted by Gasteiger charge is -2.66. The van der Waals surface area contributed by atoms with Crippen molar-refractivity contribution in [3.8, 4) is 0 Å². The Balaban J connectivity index is 1.29. The van der Waals surface area contributed by atoms with Gasteiger partial charge in [-0.3, -0.25) is 4.79 Å². The highest BCUT2D eigenvalue weighted by Crippen LogP contribution is 2.71. The topological polar surface area (TPSA) is 78.4 Å². The number of nitrogens with one attached hydrogen (secondary N) is 2. The van der Waals surface area contributed by atoms with E-state index in [1.54, 1.807) is 24.3 Å². The van der Waals surface area contributed by atoms with Crippen molar-refractivity contribution < 1.29 is 27.9 Å². The fourth-order valence-corrected chi connectivity index (χ4v) is 11.1. The molecule has 0 spiro atoms. The van der Waals surface area contributed by atoms with E-state index in [-0.39, 0.29) is 28.8 Å². The van der Waals surface area contributed by atoms with E-state index in [9.17, 15) is 27.9 Å². The molecule has 1 amide bonds. The van der Waals surface area contributed by atoms with Crippen molar-refractivity contribution in [2.24, 2.45) is 5.41 Å². The molecule has 0 unspecified atom stereocenters. The lowest BCUT2D eigenvalue weighted by Crippen LogP contribution is -2.70. The average Bonchev–Trinajstić information content (AvgIpc) is 2.87. The number of fused-ring (bicyclic) bond motifs is 1. The number of rotatable bonds is 8. The van der Waals surface area contributed by atoms with Gasteiger partial charge in [0.05, 0.1) is 11.3 Å². The third-order valence-corrected chi connectivity index (χ3v) is 10.8. The summed E-state index contributed by atoms with van der Waals surface area (Å²) in [6.07, 6.45) is 2.75. The van der Waals surface area contributed by atoms with Crippen LogP contribution in [0.2, 0.25) is 0 Å². The fourth-order valence-electron chi connectivity index (χ4n) is 7.99. The minimum atomic E-state index is -4.38. The Hall–Kier alpha value is -2.33. The normalized spacial score (nSPS) is 30.3. The zero-order valence-corrected chi connectivity index (χ0v) is 25.8. The van der Waals surface area contributed by atoms with E-state index < -0.39 is 43.5 Å². The minimum Gasteiger partial charge on any atom is -0.480 e. The predicted octanol–water partition coefficient (Wildman–Crippen LogP) is 8.55. The van der Waals surface area contributed by atoms with E-state index >= 15 is 0 Å². The first-order valence-corrected chi connectivity index (χ1v) is 15.7. The van der Waals surface area contributed by atoms with Crippen molar-refractivity contribution in [3.05, 3.63) is 71.8 Å². The second kappa shape index (κ2) is 10.6. The average molecular weight is 672 g/mol. The summed E-state index contributed by atoms with van der Waals surface area (Å²) in [5, 5.41) is 18.1. The van der Waals surface area contributed by atoms with Gasteiger partial charge in [-0.05, 0) is 79.4 Å². The molecule has 0 heterocycles. The minimum absolute atomic E-state index is 0.0713. The Labute approximate surface area is 265 Å².